The molecule has 0 bridgehead atoms. The lowest BCUT2D eigenvalue weighted by molar-refractivity contribution is 0.256. The summed E-state index contributed by atoms with van der Waals surface area (Å²) in [4.78, 5) is 25.1. The number of rotatable bonds is 2. The molecule has 6 heteroatoms. The van der Waals surface area contributed by atoms with Crippen molar-refractivity contribution in [3.8, 4) is 0 Å². The van der Waals surface area contributed by atoms with Gasteiger partial charge in [-0.05, 0) is 36.8 Å². The van der Waals surface area contributed by atoms with E-state index in [0.29, 0.717) is 29.2 Å². The van der Waals surface area contributed by atoms with Crippen molar-refractivity contribution in [1.82, 2.24) is 0 Å². The highest BCUT2D eigenvalue weighted by Gasteiger charge is 2.29. The van der Waals surface area contributed by atoms with Gasteiger partial charge >= 0.3 is 6.03 Å². The Balaban J connectivity index is 1.89. The average Bonchev–Trinajstić information content (AvgIpc) is 2.54. The standard InChI is InChI=1S/C16H14ClN3O2/c17-11-6-7-15-13(10-11)14(19-22)8-9-20(15)16(21)18-12-4-2-1-3-5-12/h1-7,10,14H,8-9H2,(H,18,21). The second kappa shape index (κ2) is 6.15. The van der Waals surface area contributed by atoms with Crippen molar-refractivity contribution in [1.29, 1.82) is 0 Å². The van der Waals surface area contributed by atoms with Crippen LogP contribution in [-0.2, 0) is 0 Å². The summed E-state index contributed by atoms with van der Waals surface area (Å²) in [5.74, 6) is 0. The Kier molecular flexibility index (Phi) is 4.06. The number of nitrogens with zero attached hydrogens (tertiary/aromatic N) is 2. The zero-order valence-corrected chi connectivity index (χ0v) is 12.5. The molecule has 0 aliphatic carbocycles. The Hall–Kier alpha value is -2.40. The summed E-state index contributed by atoms with van der Waals surface area (Å²) in [7, 11) is 0. The number of benzene rings is 2. The fraction of sp³-hybridized carbons (Fsp3) is 0.188. The molecule has 1 N–H and O–H groups in total. The molecule has 2 aromatic rings. The van der Waals surface area contributed by atoms with E-state index in [9.17, 15) is 9.70 Å². The van der Waals surface area contributed by atoms with Gasteiger partial charge in [0.1, 0.15) is 6.04 Å². The smallest absolute Gasteiger partial charge is 0.308 e. The molecule has 0 spiro atoms. The molecule has 22 heavy (non-hydrogen) atoms. The van der Waals surface area contributed by atoms with Crippen LogP contribution in [0.2, 0.25) is 5.02 Å². The predicted molar refractivity (Wildman–Crippen MR) is 87.4 cm³/mol. The molecule has 112 valence electrons. The number of hydrogen-bond donors (Lipinski definition) is 1. The van der Waals surface area contributed by atoms with Crippen molar-refractivity contribution < 1.29 is 4.79 Å². The monoisotopic (exact) mass is 315 g/mol. The Morgan fingerprint density at radius 1 is 1.23 bits per heavy atom. The van der Waals surface area contributed by atoms with Gasteiger partial charge < -0.3 is 5.32 Å². The van der Waals surface area contributed by atoms with Gasteiger partial charge in [0.25, 0.3) is 0 Å². The number of hydrogen-bond acceptors (Lipinski definition) is 3. The third-order valence-electron chi connectivity index (χ3n) is 3.66. The van der Waals surface area contributed by atoms with Crippen molar-refractivity contribution in [3.63, 3.8) is 0 Å². The molecule has 3 rings (SSSR count). The molecular weight excluding hydrogens is 302 g/mol. The third-order valence-corrected chi connectivity index (χ3v) is 3.90. The molecule has 1 atom stereocenters. The maximum Gasteiger partial charge on any atom is 0.326 e. The highest BCUT2D eigenvalue weighted by molar-refractivity contribution is 6.30. The largest absolute Gasteiger partial charge is 0.326 e. The first-order valence-corrected chi connectivity index (χ1v) is 7.32. The molecule has 2 aromatic carbocycles. The first-order valence-electron chi connectivity index (χ1n) is 6.94. The van der Waals surface area contributed by atoms with Crippen LogP contribution < -0.4 is 10.2 Å². The summed E-state index contributed by atoms with van der Waals surface area (Å²) in [6.45, 7) is 0.434. The second-order valence-corrected chi connectivity index (χ2v) is 5.50. The summed E-state index contributed by atoms with van der Waals surface area (Å²) in [6.07, 6.45) is 0.485. The van der Waals surface area contributed by atoms with Crippen molar-refractivity contribution in [3.05, 3.63) is 64.0 Å². The Labute approximate surface area is 132 Å². The quantitative estimate of drug-likeness (QED) is 0.824. The number of anilines is 2. The molecule has 1 aliphatic rings. The first-order chi connectivity index (χ1) is 10.7. The molecule has 0 aromatic heterocycles. The Morgan fingerprint density at radius 2 is 2.00 bits per heavy atom. The molecule has 1 unspecified atom stereocenters. The molecule has 0 fully saturated rings. The van der Waals surface area contributed by atoms with Crippen molar-refractivity contribution in [2.24, 2.45) is 5.18 Å². The van der Waals surface area contributed by atoms with Crippen LogP contribution >= 0.6 is 11.6 Å². The average molecular weight is 316 g/mol. The molecule has 1 heterocycles. The number of urea groups is 1. The summed E-state index contributed by atoms with van der Waals surface area (Å²) >= 11 is 5.99. The SMILES string of the molecule is O=NC1CCN(C(=O)Nc2ccccc2)c2ccc(Cl)cc21. The summed E-state index contributed by atoms with van der Waals surface area (Å²) in [5.41, 5.74) is 2.09. The predicted octanol–water partition coefficient (Wildman–Crippen LogP) is 4.59. The normalized spacial score (nSPS) is 16.8. The van der Waals surface area contributed by atoms with E-state index in [1.165, 1.54) is 0 Å². The fourth-order valence-electron chi connectivity index (χ4n) is 2.60. The lowest BCUT2D eigenvalue weighted by atomic mass is 9.97. The maximum absolute atomic E-state index is 12.5. The number of carbonyl (C=O) groups is 1. The molecule has 1 aliphatic heterocycles. The first kappa shape index (κ1) is 14.5. The van der Waals surface area contributed by atoms with E-state index in [4.69, 9.17) is 11.6 Å². The molecule has 5 nitrogen and oxygen atoms in total. The number of fused-ring (bicyclic) bond motifs is 1. The number of amides is 2. The van der Waals surface area contributed by atoms with Gasteiger partial charge in [-0.3, -0.25) is 4.90 Å². The zero-order chi connectivity index (χ0) is 15.5. The Morgan fingerprint density at radius 3 is 2.73 bits per heavy atom. The summed E-state index contributed by atoms with van der Waals surface area (Å²) in [5, 5.41) is 6.51. The highest BCUT2D eigenvalue weighted by Crippen LogP contribution is 2.37. The lowest BCUT2D eigenvalue weighted by Crippen LogP contribution is -2.39. The van der Waals surface area contributed by atoms with Crippen LogP contribution in [0.5, 0.6) is 0 Å². The van der Waals surface area contributed by atoms with Crippen LogP contribution in [0.15, 0.2) is 53.7 Å². The van der Waals surface area contributed by atoms with E-state index >= 15 is 0 Å². The van der Waals surface area contributed by atoms with Gasteiger partial charge in [-0.2, -0.15) is 4.91 Å². The van der Waals surface area contributed by atoms with Gasteiger partial charge in [-0.15, -0.1) is 0 Å². The number of nitrogens with one attached hydrogen (secondary N) is 1. The molecule has 0 radical (unpaired) electrons. The van der Waals surface area contributed by atoms with E-state index in [2.05, 4.69) is 10.5 Å². The Bertz CT molecular complexity index is 706. The zero-order valence-electron chi connectivity index (χ0n) is 11.7. The molecular formula is C16H14ClN3O2. The lowest BCUT2D eigenvalue weighted by Gasteiger charge is -2.31. The van der Waals surface area contributed by atoms with Crippen molar-refractivity contribution >= 4 is 29.0 Å². The van der Waals surface area contributed by atoms with Crippen LogP contribution in [-0.4, -0.2) is 12.6 Å². The van der Waals surface area contributed by atoms with Gasteiger partial charge in [0.15, 0.2) is 0 Å². The van der Waals surface area contributed by atoms with Crippen LogP contribution in [0.25, 0.3) is 0 Å². The summed E-state index contributed by atoms with van der Waals surface area (Å²) < 4.78 is 0. The van der Waals surface area contributed by atoms with E-state index in [0.717, 1.165) is 5.69 Å². The second-order valence-electron chi connectivity index (χ2n) is 5.06. The number of para-hydroxylation sites is 1. The van der Waals surface area contributed by atoms with Gasteiger partial charge in [0, 0.05) is 22.8 Å². The van der Waals surface area contributed by atoms with Gasteiger partial charge in [-0.1, -0.05) is 35.0 Å². The van der Waals surface area contributed by atoms with Crippen molar-refractivity contribution in [2.75, 3.05) is 16.8 Å². The van der Waals surface area contributed by atoms with E-state index in [-0.39, 0.29) is 6.03 Å². The van der Waals surface area contributed by atoms with Crippen LogP contribution in [0, 0.1) is 4.91 Å². The van der Waals surface area contributed by atoms with Crippen LogP contribution in [0.3, 0.4) is 0 Å². The van der Waals surface area contributed by atoms with Crippen molar-refractivity contribution in [2.45, 2.75) is 12.5 Å². The minimum Gasteiger partial charge on any atom is -0.308 e. The topological polar surface area (TPSA) is 61.8 Å². The molecule has 0 saturated carbocycles. The van der Waals surface area contributed by atoms with E-state index in [1.807, 2.05) is 30.3 Å². The molecule has 0 saturated heterocycles. The van der Waals surface area contributed by atoms with Gasteiger partial charge in [0.05, 0.1) is 5.69 Å². The minimum absolute atomic E-state index is 0.237. The molecule has 2 amide bonds. The number of halogens is 1. The van der Waals surface area contributed by atoms with Gasteiger partial charge in [-0.25, -0.2) is 4.79 Å². The minimum atomic E-state index is -0.463. The maximum atomic E-state index is 12.5. The highest BCUT2D eigenvalue weighted by atomic mass is 35.5. The number of nitroso groups, excluding NO2 is 1. The summed E-state index contributed by atoms with van der Waals surface area (Å²) in [6, 6.07) is 13.7. The third kappa shape index (κ3) is 2.80. The van der Waals surface area contributed by atoms with Gasteiger partial charge in [0.2, 0.25) is 0 Å². The van der Waals surface area contributed by atoms with Crippen LogP contribution in [0.1, 0.15) is 18.0 Å². The fourth-order valence-corrected chi connectivity index (χ4v) is 2.78. The van der Waals surface area contributed by atoms with E-state index < -0.39 is 6.04 Å². The van der Waals surface area contributed by atoms with E-state index in [1.54, 1.807) is 23.1 Å². The van der Waals surface area contributed by atoms with Crippen LogP contribution in [0.4, 0.5) is 16.2 Å². The number of carbonyl (C=O) groups excluding carboxylic acids is 1.